The maximum Gasteiger partial charge on any atom is 0.387 e. The number of likely N-dealkylation sites (N-methyl/N-ethyl adjacent to an activating group) is 1. The molecule has 7 heteroatoms. The summed E-state index contributed by atoms with van der Waals surface area (Å²) in [7, 11) is 1.70. The van der Waals surface area contributed by atoms with Gasteiger partial charge >= 0.3 is 6.61 Å². The van der Waals surface area contributed by atoms with Gasteiger partial charge in [-0.05, 0) is 42.2 Å². The first-order valence-corrected chi connectivity index (χ1v) is 8.69. The van der Waals surface area contributed by atoms with Crippen LogP contribution in [0.15, 0.2) is 47.4 Å². The number of ether oxygens (including phenoxy) is 1. The predicted molar refractivity (Wildman–Crippen MR) is 96.1 cm³/mol. The highest BCUT2D eigenvalue weighted by Gasteiger charge is 2.12. The van der Waals surface area contributed by atoms with Crippen LogP contribution in [0.3, 0.4) is 0 Å². The molecule has 0 amide bonds. The average molecular weight is 371 g/mol. The molecule has 0 heterocycles. The highest BCUT2D eigenvalue weighted by Crippen LogP contribution is 2.26. The van der Waals surface area contributed by atoms with E-state index in [2.05, 4.69) is 4.74 Å². The third-order valence-electron chi connectivity index (χ3n) is 3.45. The Balaban J connectivity index is 2.15. The number of hydrogen-bond donors (Lipinski definition) is 1. The summed E-state index contributed by atoms with van der Waals surface area (Å²) >= 11 is 7.80. The summed E-state index contributed by atoms with van der Waals surface area (Å²) in [5, 5.41) is 8.88. The highest BCUT2D eigenvalue weighted by atomic mass is 35.5. The summed E-state index contributed by atoms with van der Waals surface area (Å²) in [5.74, 6) is 0.355. The van der Waals surface area contributed by atoms with Crippen LogP contribution in [0.2, 0.25) is 5.02 Å². The van der Waals surface area contributed by atoms with Crippen molar-refractivity contribution in [3.63, 3.8) is 0 Å². The number of alkyl halides is 2. The Labute approximate surface area is 149 Å². The van der Waals surface area contributed by atoms with Crippen molar-refractivity contribution in [2.24, 2.45) is 0 Å². The van der Waals surface area contributed by atoms with Crippen molar-refractivity contribution in [3.05, 3.63) is 53.1 Å². The van der Waals surface area contributed by atoms with Crippen LogP contribution in [-0.4, -0.2) is 25.8 Å². The van der Waals surface area contributed by atoms with E-state index in [1.165, 1.54) is 12.1 Å². The average Bonchev–Trinajstić information content (AvgIpc) is 2.55. The summed E-state index contributed by atoms with van der Waals surface area (Å²) in [6, 6.07) is 11.9. The molecule has 0 unspecified atom stereocenters. The fourth-order valence-corrected chi connectivity index (χ4v) is 2.79. The quantitative estimate of drug-likeness (QED) is 0.424. The smallest absolute Gasteiger partial charge is 0.387 e. The molecule has 128 valence electrons. The van der Waals surface area contributed by atoms with Crippen molar-refractivity contribution >= 4 is 34.9 Å². The molecule has 2 rings (SSSR count). The lowest BCUT2D eigenvalue weighted by atomic mass is 10.1. The van der Waals surface area contributed by atoms with Crippen LogP contribution in [0.25, 0.3) is 0 Å². The van der Waals surface area contributed by atoms with Gasteiger partial charge in [0.1, 0.15) is 11.6 Å². The molecule has 0 aliphatic carbocycles. The van der Waals surface area contributed by atoms with Crippen LogP contribution in [0.5, 0.6) is 5.75 Å². The van der Waals surface area contributed by atoms with Crippen LogP contribution in [-0.2, 0) is 6.42 Å². The minimum absolute atomic E-state index is 0.0598. The molecule has 2 aromatic carbocycles. The van der Waals surface area contributed by atoms with Crippen molar-refractivity contribution in [2.45, 2.75) is 17.9 Å². The molecule has 0 saturated heterocycles. The van der Waals surface area contributed by atoms with Gasteiger partial charge in [-0.1, -0.05) is 17.7 Å². The van der Waals surface area contributed by atoms with Crippen LogP contribution in [0.1, 0.15) is 5.56 Å². The second-order valence-electron chi connectivity index (χ2n) is 5.02. The molecule has 3 nitrogen and oxygen atoms in total. The molecule has 0 fully saturated rings. The third-order valence-corrected chi connectivity index (χ3v) is 4.54. The summed E-state index contributed by atoms with van der Waals surface area (Å²) in [4.78, 5) is 2.68. The summed E-state index contributed by atoms with van der Waals surface area (Å²) in [6.45, 7) is -2.88. The first-order chi connectivity index (χ1) is 11.4. The SMILES string of the molecule is CSc1ccc(Cl)c(CC(=N)N(C)c2cccc(OC(F)F)c2)c1. The van der Waals surface area contributed by atoms with Gasteiger partial charge in [-0.25, -0.2) is 0 Å². The lowest BCUT2D eigenvalue weighted by molar-refractivity contribution is -0.0498. The van der Waals surface area contributed by atoms with Gasteiger partial charge in [0.05, 0.1) is 0 Å². The third kappa shape index (κ3) is 4.85. The molecule has 2 aromatic rings. The minimum atomic E-state index is -2.88. The Kier molecular flexibility index (Phi) is 6.45. The Bertz CT molecular complexity index is 727. The topological polar surface area (TPSA) is 36.3 Å². The van der Waals surface area contributed by atoms with Gasteiger partial charge in [-0.15, -0.1) is 11.8 Å². The second kappa shape index (κ2) is 8.35. The fourth-order valence-electron chi connectivity index (χ4n) is 2.14. The van der Waals surface area contributed by atoms with E-state index < -0.39 is 6.61 Å². The lowest BCUT2D eigenvalue weighted by Crippen LogP contribution is -2.27. The molecule has 0 radical (unpaired) electrons. The lowest BCUT2D eigenvalue weighted by Gasteiger charge is -2.21. The molecule has 0 atom stereocenters. The molecule has 0 saturated carbocycles. The van der Waals surface area contributed by atoms with Crippen molar-refractivity contribution in [1.82, 2.24) is 0 Å². The number of benzene rings is 2. The molecular formula is C17H17ClF2N2OS. The van der Waals surface area contributed by atoms with Crippen molar-refractivity contribution in [1.29, 1.82) is 5.41 Å². The number of nitrogens with one attached hydrogen (secondary N) is 1. The number of halogens is 3. The van der Waals surface area contributed by atoms with Crippen LogP contribution < -0.4 is 9.64 Å². The Hall–Kier alpha value is -1.79. The maximum atomic E-state index is 12.3. The Morgan fingerprint density at radius 1 is 1.29 bits per heavy atom. The van der Waals surface area contributed by atoms with Crippen LogP contribution >= 0.6 is 23.4 Å². The van der Waals surface area contributed by atoms with Gasteiger partial charge in [-0.2, -0.15) is 8.78 Å². The van der Waals surface area contributed by atoms with E-state index in [-0.39, 0.29) is 5.75 Å². The molecule has 0 aliphatic rings. The van der Waals surface area contributed by atoms with Gasteiger partial charge in [0.15, 0.2) is 0 Å². The highest BCUT2D eigenvalue weighted by molar-refractivity contribution is 7.98. The van der Waals surface area contributed by atoms with E-state index in [0.717, 1.165) is 10.5 Å². The first-order valence-electron chi connectivity index (χ1n) is 7.09. The number of nitrogens with zero attached hydrogens (tertiary/aromatic N) is 1. The van der Waals surface area contributed by atoms with E-state index in [0.29, 0.717) is 23.0 Å². The van der Waals surface area contributed by atoms with E-state index in [1.807, 2.05) is 24.5 Å². The largest absolute Gasteiger partial charge is 0.435 e. The monoisotopic (exact) mass is 370 g/mol. The standard InChI is InChI=1S/C17H17ClF2N2OS/c1-22(12-4-3-5-13(10-12)23-17(19)20)16(21)9-11-8-14(24-2)6-7-15(11)18/h3-8,10,17,21H,9H2,1-2H3. The molecule has 1 N–H and O–H groups in total. The Morgan fingerprint density at radius 3 is 2.71 bits per heavy atom. The first kappa shape index (κ1) is 18.5. The zero-order valence-corrected chi connectivity index (χ0v) is 14.8. The number of anilines is 1. The maximum absolute atomic E-state index is 12.3. The second-order valence-corrected chi connectivity index (χ2v) is 6.30. The van der Waals surface area contributed by atoms with E-state index in [9.17, 15) is 8.78 Å². The summed E-state index contributed by atoms with van der Waals surface area (Å²) in [6.07, 6.45) is 2.31. The summed E-state index contributed by atoms with van der Waals surface area (Å²) in [5.41, 5.74) is 1.44. The molecule has 0 bridgehead atoms. The number of amidine groups is 1. The number of thioether (sulfide) groups is 1. The van der Waals surface area contributed by atoms with Crippen molar-refractivity contribution < 1.29 is 13.5 Å². The molecular weight excluding hydrogens is 354 g/mol. The zero-order valence-electron chi connectivity index (χ0n) is 13.2. The molecule has 24 heavy (non-hydrogen) atoms. The van der Waals surface area contributed by atoms with Crippen molar-refractivity contribution in [3.8, 4) is 5.75 Å². The van der Waals surface area contributed by atoms with Crippen LogP contribution in [0, 0.1) is 5.41 Å². The minimum Gasteiger partial charge on any atom is -0.435 e. The number of hydrogen-bond acceptors (Lipinski definition) is 3. The van der Waals surface area contributed by atoms with Crippen LogP contribution in [0.4, 0.5) is 14.5 Å². The van der Waals surface area contributed by atoms with Crippen molar-refractivity contribution in [2.75, 3.05) is 18.2 Å². The summed E-state index contributed by atoms with van der Waals surface area (Å²) < 4.78 is 29.0. The Morgan fingerprint density at radius 2 is 2.04 bits per heavy atom. The van der Waals surface area contributed by atoms with E-state index in [4.69, 9.17) is 17.0 Å². The predicted octanol–water partition coefficient (Wildman–Crippen LogP) is 5.32. The van der Waals surface area contributed by atoms with Gasteiger partial charge in [0.25, 0.3) is 0 Å². The van der Waals surface area contributed by atoms with E-state index in [1.54, 1.807) is 35.8 Å². The van der Waals surface area contributed by atoms with Gasteiger partial charge < -0.3 is 9.64 Å². The zero-order chi connectivity index (χ0) is 17.7. The number of rotatable bonds is 6. The normalized spacial score (nSPS) is 10.8. The van der Waals surface area contributed by atoms with Gasteiger partial charge in [-0.3, -0.25) is 5.41 Å². The van der Waals surface area contributed by atoms with Gasteiger partial charge in [0, 0.05) is 35.1 Å². The molecule has 0 spiro atoms. The molecule has 0 aliphatic heterocycles. The van der Waals surface area contributed by atoms with Gasteiger partial charge in [0.2, 0.25) is 0 Å². The fraction of sp³-hybridized carbons (Fsp3) is 0.235. The molecule has 0 aromatic heterocycles. The van der Waals surface area contributed by atoms with E-state index >= 15 is 0 Å².